The molecule has 1 aromatic carbocycles. The molecule has 2 aliphatic rings. The van der Waals surface area contributed by atoms with E-state index in [9.17, 15) is 14.7 Å². The van der Waals surface area contributed by atoms with Crippen molar-refractivity contribution in [2.45, 2.75) is 25.9 Å². The molecule has 1 aliphatic heterocycles. The number of halogens is 1. The highest BCUT2D eigenvalue weighted by atomic mass is 35.5. The third-order valence-corrected chi connectivity index (χ3v) is 5.64. The van der Waals surface area contributed by atoms with Crippen molar-refractivity contribution in [2.24, 2.45) is 10.9 Å². The highest BCUT2D eigenvalue weighted by Gasteiger charge is 2.61. The first-order chi connectivity index (χ1) is 13.7. The zero-order valence-electron chi connectivity index (χ0n) is 16.5. The molecule has 0 aromatic heterocycles. The number of fused-ring (bicyclic) bond motifs is 1. The minimum atomic E-state index is -1.83. The minimum absolute atomic E-state index is 0.0323. The van der Waals surface area contributed by atoms with Gasteiger partial charge in [-0.25, -0.2) is 0 Å². The SMILES string of the molecule is COc1cc(OC)c2c(c1Cl)O[C@]1(C2=O)C(O)=C(C(C)=NCCO)C(=O)C[C@H]1C. The van der Waals surface area contributed by atoms with Crippen LogP contribution in [-0.2, 0) is 4.79 Å². The summed E-state index contributed by atoms with van der Waals surface area (Å²) >= 11 is 6.37. The highest BCUT2D eigenvalue weighted by molar-refractivity contribution is 6.35. The molecular formula is C20H22ClNO7. The van der Waals surface area contributed by atoms with E-state index in [-0.39, 0.29) is 64.5 Å². The number of ether oxygens (including phenoxy) is 3. The largest absolute Gasteiger partial charge is 0.507 e. The molecule has 0 saturated carbocycles. The Hall–Kier alpha value is -2.58. The van der Waals surface area contributed by atoms with Crippen molar-refractivity contribution in [1.29, 1.82) is 0 Å². The maximum atomic E-state index is 13.5. The summed E-state index contributed by atoms with van der Waals surface area (Å²) in [6, 6.07) is 1.47. The number of Topliss-reactive ketones (excluding diaryl/α,β-unsaturated/α-hetero) is 2. The van der Waals surface area contributed by atoms with Crippen LogP contribution in [-0.4, -0.2) is 60.5 Å². The van der Waals surface area contributed by atoms with Gasteiger partial charge < -0.3 is 24.4 Å². The fraction of sp³-hybridized carbons (Fsp3) is 0.450. The maximum Gasteiger partial charge on any atom is 0.231 e. The second-order valence-electron chi connectivity index (χ2n) is 6.91. The van der Waals surface area contributed by atoms with Gasteiger partial charge in [0.25, 0.3) is 0 Å². The van der Waals surface area contributed by atoms with E-state index < -0.39 is 23.1 Å². The van der Waals surface area contributed by atoms with Crippen LogP contribution in [0.2, 0.25) is 5.02 Å². The van der Waals surface area contributed by atoms with Crippen LogP contribution in [0.25, 0.3) is 0 Å². The predicted octanol–water partition coefficient (Wildman–Crippen LogP) is 2.55. The van der Waals surface area contributed by atoms with Gasteiger partial charge in [0.1, 0.15) is 22.1 Å². The Balaban J connectivity index is 2.26. The van der Waals surface area contributed by atoms with Crippen molar-refractivity contribution in [1.82, 2.24) is 0 Å². The van der Waals surface area contributed by atoms with Gasteiger partial charge in [-0.15, -0.1) is 0 Å². The van der Waals surface area contributed by atoms with Gasteiger partial charge in [0.05, 0.1) is 32.9 Å². The first-order valence-corrected chi connectivity index (χ1v) is 9.39. The van der Waals surface area contributed by atoms with E-state index in [4.69, 9.17) is 30.9 Å². The lowest BCUT2D eigenvalue weighted by atomic mass is 9.72. The van der Waals surface area contributed by atoms with E-state index in [0.29, 0.717) is 0 Å². The normalized spacial score (nSPS) is 24.1. The molecule has 0 amide bonds. The Bertz CT molecular complexity index is 953. The summed E-state index contributed by atoms with van der Waals surface area (Å²) in [6.07, 6.45) is -0.0395. The Morgan fingerprint density at radius 1 is 1.34 bits per heavy atom. The van der Waals surface area contributed by atoms with Gasteiger partial charge in [0.2, 0.25) is 11.4 Å². The number of hydrogen-bond donors (Lipinski definition) is 2. The molecule has 0 unspecified atom stereocenters. The van der Waals surface area contributed by atoms with Gasteiger partial charge in [-0.3, -0.25) is 14.6 Å². The number of carbonyl (C=O) groups is 2. The van der Waals surface area contributed by atoms with Gasteiger partial charge in [-0.05, 0) is 6.92 Å². The fourth-order valence-corrected chi connectivity index (χ4v) is 4.09. The number of aliphatic hydroxyl groups excluding tert-OH is 2. The molecular weight excluding hydrogens is 402 g/mol. The van der Waals surface area contributed by atoms with Crippen molar-refractivity contribution in [3.63, 3.8) is 0 Å². The molecule has 3 rings (SSSR count). The van der Waals surface area contributed by atoms with Crippen molar-refractivity contribution in [2.75, 3.05) is 27.4 Å². The van der Waals surface area contributed by atoms with Gasteiger partial charge in [-0.1, -0.05) is 18.5 Å². The molecule has 2 N–H and O–H groups in total. The molecule has 29 heavy (non-hydrogen) atoms. The first kappa shape index (κ1) is 21.1. The van der Waals surface area contributed by atoms with Crippen LogP contribution in [0, 0.1) is 5.92 Å². The number of allylic oxidation sites excluding steroid dienone is 1. The van der Waals surface area contributed by atoms with Crippen LogP contribution < -0.4 is 14.2 Å². The molecule has 9 heteroatoms. The number of hydrogen-bond acceptors (Lipinski definition) is 8. The molecule has 2 atom stereocenters. The number of aliphatic imine (C=N–C) groups is 1. The Kier molecular flexibility index (Phi) is 5.60. The zero-order valence-corrected chi connectivity index (χ0v) is 17.3. The van der Waals surface area contributed by atoms with Crippen LogP contribution in [0.5, 0.6) is 17.2 Å². The number of carbonyl (C=O) groups excluding carboxylic acids is 2. The molecule has 156 valence electrons. The molecule has 1 heterocycles. The molecule has 1 aromatic rings. The standard InChI is InChI=1S/C20H22ClNO7/c1-9-7-11(24)14(10(2)22-5-6-23)18(25)20(9)19(26)15-12(27-3)8-13(28-4)16(21)17(15)29-20/h8-9,23,25H,5-7H2,1-4H3/t9-,20+/m1/s1. The van der Waals surface area contributed by atoms with E-state index in [1.165, 1.54) is 27.2 Å². The minimum Gasteiger partial charge on any atom is -0.507 e. The second kappa shape index (κ2) is 7.68. The summed E-state index contributed by atoms with van der Waals surface area (Å²) in [7, 11) is 2.81. The van der Waals surface area contributed by atoms with Gasteiger partial charge in [-0.2, -0.15) is 0 Å². The summed E-state index contributed by atoms with van der Waals surface area (Å²) in [4.78, 5) is 30.2. The topological polar surface area (TPSA) is 115 Å². The molecule has 0 radical (unpaired) electrons. The number of methoxy groups -OCH3 is 2. The summed E-state index contributed by atoms with van der Waals surface area (Å²) in [6.45, 7) is 3.03. The average Bonchev–Trinajstić information content (AvgIpc) is 3.00. The maximum absolute atomic E-state index is 13.5. The van der Waals surface area contributed by atoms with Crippen LogP contribution >= 0.6 is 11.6 Å². The number of ketones is 2. The lowest BCUT2D eigenvalue weighted by Gasteiger charge is -2.37. The number of rotatable bonds is 5. The molecule has 1 spiro atoms. The van der Waals surface area contributed by atoms with Crippen LogP contribution in [0.3, 0.4) is 0 Å². The Morgan fingerprint density at radius 2 is 2.00 bits per heavy atom. The first-order valence-electron chi connectivity index (χ1n) is 9.02. The Morgan fingerprint density at radius 3 is 2.59 bits per heavy atom. The lowest BCUT2D eigenvalue weighted by molar-refractivity contribution is -0.118. The van der Waals surface area contributed by atoms with E-state index in [1.807, 2.05) is 0 Å². The van der Waals surface area contributed by atoms with Crippen LogP contribution in [0.4, 0.5) is 0 Å². The zero-order chi connectivity index (χ0) is 21.5. The molecule has 0 saturated heterocycles. The third kappa shape index (κ3) is 2.98. The van der Waals surface area contributed by atoms with Gasteiger partial charge in [0.15, 0.2) is 17.3 Å². The fourth-order valence-electron chi connectivity index (χ4n) is 3.83. The molecule has 8 nitrogen and oxygen atoms in total. The van der Waals surface area contributed by atoms with E-state index in [0.717, 1.165) is 0 Å². The predicted molar refractivity (Wildman–Crippen MR) is 106 cm³/mol. The lowest BCUT2D eigenvalue weighted by Crippen LogP contribution is -2.53. The van der Waals surface area contributed by atoms with Crippen molar-refractivity contribution in [3.8, 4) is 17.2 Å². The van der Waals surface area contributed by atoms with Crippen LogP contribution in [0.1, 0.15) is 30.6 Å². The molecule has 0 bridgehead atoms. The van der Waals surface area contributed by atoms with Crippen molar-refractivity contribution >= 4 is 28.9 Å². The third-order valence-electron chi connectivity index (χ3n) is 5.28. The van der Waals surface area contributed by atoms with Crippen LogP contribution in [0.15, 0.2) is 22.4 Å². The average molecular weight is 424 g/mol. The molecule has 1 aliphatic carbocycles. The quantitative estimate of drug-likeness (QED) is 0.699. The van der Waals surface area contributed by atoms with E-state index in [1.54, 1.807) is 6.92 Å². The smallest absolute Gasteiger partial charge is 0.231 e. The van der Waals surface area contributed by atoms with E-state index >= 15 is 0 Å². The van der Waals surface area contributed by atoms with Gasteiger partial charge >= 0.3 is 0 Å². The van der Waals surface area contributed by atoms with E-state index in [2.05, 4.69) is 4.99 Å². The number of nitrogens with zero attached hydrogens (tertiary/aromatic N) is 1. The summed E-state index contributed by atoms with van der Waals surface area (Å²) in [5.74, 6) is -1.63. The molecule has 0 fully saturated rings. The summed E-state index contributed by atoms with van der Waals surface area (Å²) in [5, 5.41) is 20.2. The number of benzene rings is 1. The Labute approximate surface area is 172 Å². The van der Waals surface area contributed by atoms with Crippen molar-refractivity contribution < 1.29 is 34.0 Å². The monoisotopic (exact) mass is 423 g/mol. The highest BCUT2D eigenvalue weighted by Crippen LogP contribution is 2.54. The van der Waals surface area contributed by atoms with Crippen molar-refractivity contribution in [3.05, 3.63) is 28.0 Å². The number of aliphatic hydroxyl groups is 2. The van der Waals surface area contributed by atoms with Gasteiger partial charge in [0, 0.05) is 24.1 Å². The second-order valence-corrected chi connectivity index (χ2v) is 7.29. The summed E-state index contributed by atoms with van der Waals surface area (Å²) in [5.41, 5.74) is -1.61. The summed E-state index contributed by atoms with van der Waals surface area (Å²) < 4.78 is 16.6.